The van der Waals surface area contributed by atoms with Crippen LogP contribution in [0.1, 0.15) is 37.7 Å². The minimum absolute atomic E-state index is 0.162. The maximum Gasteiger partial charge on any atom is 0.123 e. The first-order valence-corrected chi connectivity index (χ1v) is 8.93. The summed E-state index contributed by atoms with van der Waals surface area (Å²) in [4.78, 5) is 0. The molecule has 1 spiro atoms. The summed E-state index contributed by atoms with van der Waals surface area (Å²) in [6.07, 6.45) is 5.37. The fourth-order valence-electron chi connectivity index (χ4n) is 4.33. The number of nitrogens with zero attached hydrogens (tertiary/aromatic N) is 1. The van der Waals surface area contributed by atoms with Gasteiger partial charge in [-0.1, -0.05) is 15.9 Å². The van der Waals surface area contributed by atoms with E-state index in [4.69, 9.17) is 14.7 Å². The number of hydrogen-bond acceptors (Lipinski definition) is 3. The Balaban J connectivity index is 1.66. The Morgan fingerprint density at radius 2 is 2.27 bits per heavy atom. The third kappa shape index (κ3) is 2.35. The van der Waals surface area contributed by atoms with E-state index >= 15 is 0 Å². The standard InChI is InChI=1S/C18H20BrNO2/c19-14-3-4-16-15(8-14)18(9-13(18)5-6-20)10-17(22-16)12-2-1-7-21-11-12/h3-4,8,12-13,17H,1-2,5,7,9-11H2. The smallest absolute Gasteiger partial charge is 0.123 e. The van der Waals surface area contributed by atoms with Crippen molar-refractivity contribution in [1.82, 2.24) is 0 Å². The maximum atomic E-state index is 9.10. The Bertz CT molecular complexity index is 620. The zero-order valence-electron chi connectivity index (χ0n) is 12.6. The van der Waals surface area contributed by atoms with Crippen LogP contribution >= 0.6 is 15.9 Å². The van der Waals surface area contributed by atoms with Crippen LogP contribution in [0.3, 0.4) is 0 Å². The molecule has 116 valence electrons. The first kappa shape index (κ1) is 14.5. The van der Waals surface area contributed by atoms with Gasteiger partial charge < -0.3 is 9.47 Å². The third-order valence-corrected chi connectivity index (χ3v) is 6.11. The summed E-state index contributed by atoms with van der Waals surface area (Å²) in [5.74, 6) is 2.00. The van der Waals surface area contributed by atoms with E-state index in [1.165, 1.54) is 12.0 Å². The topological polar surface area (TPSA) is 42.2 Å². The molecular formula is C18H20BrNO2. The van der Waals surface area contributed by atoms with Crippen LogP contribution in [0.15, 0.2) is 22.7 Å². The summed E-state index contributed by atoms with van der Waals surface area (Å²) in [7, 11) is 0. The van der Waals surface area contributed by atoms with E-state index in [9.17, 15) is 0 Å². The lowest BCUT2D eigenvalue weighted by Crippen LogP contribution is -2.40. The Kier molecular flexibility index (Phi) is 3.66. The van der Waals surface area contributed by atoms with Crippen molar-refractivity contribution >= 4 is 15.9 Å². The zero-order chi connectivity index (χ0) is 15.2. The molecule has 1 aromatic carbocycles. The van der Waals surface area contributed by atoms with Gasteiger partial charge in [-0.2, -0.15) is 5.26 Å². The molecule has 3 nitrogen and oxygen atoms in total. The van der Waals surface area contributed by atoms with Gasteiger partial charge in [-0.3, -0.25) is 0 Å². The molecule has 0 N–H and O–H groups in total. The van der Waals surface area contributed by atoms with Crippen molar-refractivity contribution in [2.24, 2.45) is 11.8 Å². The highest BCUT2D eigenvalue weighted by Crippen LogP contribution is 2.63. The van der Waals surface area contributed by atoms with Crippen LogP contribution in [0.4, 0.5) is 0 Å². The van der Waals surface area contributed by atoms with E-state index in [-0.39, 0.29) is 11.5 Å². The highest BCUT2D eigenvalue weighted by molar-refractivity contribution is 9.10. The number of nitriles is 1. The second-order valence-electron chi connectivity index (χ2n) is 6.90. The molecule has 3 aliphatic rings. The first-order valence-electron chi connectivity index (χ1n) is 8.14. The highest BCUT2D eigenvalue weighted by Gasteiger charge is 2.59. The van der Waals surface area contributed by atoms with Crippen LogP contribution in [-0.2, 0) is 10.2 Å². The summed E-state index contributed by atoms with van der Waals surface area (Å²) in [6, 6.07) is 8.69. The predicted molar refractivity (Wildman–Crippen MR) is 86.7 cm³/mol. The molecular weight excluding hydrogens is 342 g/mol. The number of halogens is 1. The molecule has 0 aromatic heterocycles. The summed E-state index contributed by atoms with van der Waals surface area (Å²) in [5.41, 5.74) is 1.46. The van der Waals surface area contributed by atoms with Crippen molar-refractivity contribution < 1.29 is 9.47 Å². The van der Waals surface area contributed by atoms with E-state index in [0.29, 0.717) is 18.3 Å². The molecule has 4 atom stereocenters. The van der Waals surface area contributed by atoms with Crippen LogP contribution in [0, 0.1) is 23.2 Å². The van der Waals surface area contributed by atoms with Crippen LogP contribution < -0.4 is 4.74 Å². The maximum absolute atomic E-state index is 9.10. The SMILES string of the molecule is N#CCC1CC12CC(C1CCCOC1)Oc1ccc(Br)cc12. The number of ether oxygens (including phenoxy) is 2. The molecule has 1 aromatic rings. The fraction of sp³-hybridized carbons (Fsp3) is 0.611. The van der Waals surface area contributed by atoms with Crippen molar-refractivity contribution in [3.63, 3.8) is 0 Å². The van der Waals surface area contributed by atoms with Gasteiger partial charge in [0.25, 0.3) is 0 Å². The van der Waals surface area contributed by atoms with Crippen LogP contribution in [0.2, 0.25) is 0 Å². The number of benzene rings is 1. The molecule has 2 aliphatic heterocycles. The second kappa shape index (κ2) is 5.54. The lowest BCUT2D eigenvalue weighted by atomic mass is 9.79. The van der Waals surface area contributed by atoms with Crippen LogP contribution in [-0.4, -0.2) is 19.3 Å². The molecule has 0 radical (unpaired) electrons. The average Bonchev–Trinajstić information content (AvgIpc) is 3.22. The summed E-state index contributed by atoms with van der Waals surface area (Å²) >= 11 is 3.58. The molecule has 4 unspecified atom stereocenters. The van der Waals surface area contributed by atoms with Crippen molar-refractivity contribution in [2.45, 2.75) is 43.6 Å². The molecule has 4 rings (SSSR count). The largest absolute Gasteiger partial charge is 0.490 e. The van der Waals surface area contributed by atoms with Gasteiger partial charge in [-0.15, -0.1) is 0 Å². The number of hydrogen-bond donors (Lipinski definition) is 0. The fourth-order valence-corrected chi connectivity index (χ4v) is 4.69. The molecule has 1 aliphatic carbocycles. The van der Waals surface area contributed by atoms with Crippen LogP contribution in [0.5, 0.6) is 5.75 Å². The van der Waals surface area contributed by atoms with Crippen molar-refractivity contribution in [3.8, 4) is 11.8 Å². The van der Waals surface area contributed by atoms with Crippen molar-refractivity contribution in [2.75, 3.05) is 13.2 Å². The minimum Gasteiger partial charge on any atom is -0.490 e. The molecule has 1 saturated carbocycles. The van der Waals surface area contributed by atoms with Crippen molar-refractivity contribution in [1.29, 1.82) is 5.26 Å². The van der Waals surface area contributed by atoms with Crippen LogP contribution in [0.25, 0.3) is 0 Å². The van der Waals surface area contributed by atoms with Gasteiger partial charge in [0.1, 0.15) is 11.9 Å². The van der Waals surface area contributed by atoms with Gasteiger partial charge in [0.2, 0.25) is 0 Å². The normalized spacial score (nSPS) is 36.3. The van der Waals surface area contributed by atoms with Gasteiger partial charge in [0, 0.05) is 34.4 Å². The van der Waals surface area contributed by atoms with Crippen molar-refractivity contribution in [3.05, 3.63) is 28.2 Å². The van der Waals surface area contributed by atoms with E-state index in [0.717, 1.165) is 42.7 Å². The lowest BCUT2D eigenvalue weighted by molar-refractivity contribution is -0.0120. The molecule has 0 bridgehead atoms. The van der Waals surface area contributed by atoms with Gasteiger partial charge in [-0.25, -0.2) is 0 Å². The molecule has 0 amide bonds. The Hall–Kier alpha value is -1.05. The number of fused-ring (bicyclic) bond motifs is 2. The summed E-state index contributed by atoms with van der Waals surface area (Å²) in [5, 5.41) is 9.10. The lowest BCUT2D eigenvalue weighted by Gasteiger charge is -2.38. The highest BCUT2D eigenvalue weighted by atomic mass is 79.9. The molecule has 4 heteroatoms. The van der Waals surface area contributed by atoms with E-state index in [2.05, 4.69) is 34.1 Å². The average molecular weight is 362 g/mol. The monoisotopic (exact) mass is 361 g/mol. The molecule has 2 heterocycles. The Morgan fingerprint density at radius 1 is 1.36 bits per heavy atom. The molecule has 1 saturated heterocycles. The minimum atomic E-state index is 0.162. The van der Waals surface area contributed by atoms with E-state index in [1.54, 1.807) is 0 Å². The predicted octanol–water partition coefficient (Wildman–Crippen LogP) is 4.20. The third-order valence-electron chi connectivity index (χ3n) is 5.61. The van der Waals surface area contributed by atoms with Gasteiger partial charge in [0.05, 0.1) is 12.7 Å². The Labute approximate surface area is 139 Å². The van der Waals surface area contributed by atoms with E-state index in [1.807, 2.05) is 6.07 Å². The van der Waals surface area contributed by atoms with Gasteiger partial charge >= 0.3 is 0 Å². The van der Waals surface area contributed by atoms with Gasteiger partial charge in [0.15, 0.2) is 0 Å². The molecule has 22 heavy (non-hydrogen) atoms. The quantitative estimate of drug-likeness (QED) is 0.792. The summed E-state index contributed by atoms with van der Waals surface area (Å²) < 4.78 is 13.1. The van der Waals surface area contributed by atoms with Gasteiger partial charge in [-0.05, 0) is 49.8 Å². The summed E-state index contributed by atoms with van der Waals surface area (Å²) in [6.45, 7) is 1.70. The number of rotatable bonds is 2. The first-order chi connectivity index (χ1) is 10.7. The van der Waals surface area contributed by atoms with E-state index < -0.39 is 0 Å². The zero-order valence-corrected chi connectivity index (χ0v) is 14.1. The Morgan fingerprint density at radius 3 is 3.05 bits per heavy atom. The second-order valence-corrected chi connectivity index (χ2v) is 7.81. The molecule has 2 fully saturated rings.